The Morgan fingerprint density at radius 2 is 1.79 bits per heavy atom. The molecule has 0 radical (unpaired) electrons. The highest BCUT2D eigenvalue weighted by Gasteiger charge is 2.41. The summed E-state index contributed by atoms with van der Waals surface area (Å²) in [5.41, 5.74) is -2.52. The molecule has 1 aliphatic heterocycles. The quantitative estimate of drug-likeness (QED) is 0.321. The third-order valence-electron chi connectivity index (χ3n) is 5.94. The van der Waals surface area contributed by atoms with E-state index in [2.05, 4.69) is 15.9 Å². The van der Waals surface area contributed by atoms with Gasteiger partial charge >= 0.3 is 11.8 Å². The molecule has 1 aliphatic rings. The Kier molecular flexibility index (Phi) is 5.04. The summed E-state index contributed by atoms with van der Waals surface area (Å²) >= 11 is 4.31. The predicted octanol–water partition coefficient (Wildman–Crippen LogP) is 6.22. The average Bonchev–Trinajstić information content (AvgIpc) is 2.98. The summed E-state index contributed by atoms with van der Waals surface area (Å²) in [6.45, 7) is 3.37. The lowest BCUT2D eigenvalue weighted by Crippen LogP contribution is -2.24. The maximum atomic E-state index is 13.6. The van der Waals surface area contributed by atoms with Gasteiger partial charge < -0.3 is 9.52 Å². The molecule has 2 aromatic carbocycles. The molecule has 10 heteroatoms. The number of aromatic nitrogens is 1. The second-order valence-electron chi connectivity index (χ2n) is 8.36. The van der Waals surface area contributed by atoms with Gasteiger partial charge in [-0.1, -0.05) is 37.7 Å². The van der Waals surface area contributed by atoms with Gasteiger partial charge in [0.15, 0.2) is 5.75 Å². The van der Waals surface area contributed by atoms with Crippen LogP contribution in [0.2, 0.25) is 0 Å². The molecule has 2 aromatic heterocycles. The van der Waals surface area contributed by atoms with E-state index in [1.807, 2.05) is 0 Å². The molecule has 1 N–H and O–H groups in total. The first kappa shape index (κ1) is 22.8. The van der Waals surface area contributed by atoms with E-state index in [-0.39, 0.29) is 21.6 Å². The van der Waals surface area contributed by atoms with Crippen molar-refractivity contribution in [1.82, 2.24) is 4.57 Å². The summed E-state index contributed by atoms with van der Waals surface area (Å²) in [6, 6.07) is 11.6. The maximum Gasteiger partial charge on any atom is 0.416 e. The van der Waals surface area contributed by atoms with Gasteiger partial charge in [0.25, 0.3) is 5.56 Å². The number of aromatic hydroxyl groups is 1. The van der Waals surface area contributed by atoms with E-state index in [0.29, 0.717) is 20.6 Å². The monoisotopic (exact) mass is 549 g/mol. The van der Waals surface area contributed by atoms with Crippen molar-refractivity contribution in [3.63, 3.8) is 0 Å². The lowest BCUT2D eigenvalue weighted by atomic mass is 9.82. The first-order valence-electron chi connectivity index (χ1n) is 10.0. The van der Waals surface area contributed by atoms with E-state index in [1.165, 1.54) is 16.7 Å². The third kappa shape index (κ3) is 3.31. The standard InChI is InChI=1S/C24H15BrF3NO4S/c1-23(2)12-9-11(24(26,27)28)7-8-14(12)29-17(23)10-15-18(21(29)31)19(30)20(22(32)33-15)34-16-6-4-3-5-13(16)25/h3-10,30H,1-2H3. The van der Waals surface area contributed by atoms with Crippen molar-refractivity contribution in [3.05, 3.63) is 90.6 Å². The second kappa shape index (κ2) is 7.51. The number of fused-ring (bicyclic) bond motifs is 4. The summed E-state index contributed by atoms with van der Waals surface area (Å²) in [5, 5.41) is 10.7. The van der Waals surface area contributed by atoms with Crippen LogP contribution in [0, 0.1) is 0 Å². The molecule has 0 fully saturated rings. The fourth-order valence-electron chi connectivity index (χ4n) is 4.21. The predicted molar refractivity (Wildman–Crippen MR) is 125 cm³/mol. The molecule has 174 valence electrons. The Bertz CT molecular complexity index is 1620. The molecule has 0 unspecified atom stereocenters. The minimum absolute atomic E-state index is 0.132. The summed E-state index contributed by atoms with van der Waals surface area (Å²) in [5.74, 6) is -0.537. The summed E-state index contributed by atoms with van der Waals surface area (Å²) in [7, 11) is 0. The van der Waals surface area contributed by atoms with Crippen molar-refractivity contribution in [2.75, 3.05) is 0 Å². The lowest BCUT2D eigenvalue weighted by molar-refractivity contribution is -0.137. The van der Waals surface area contributed by atoms with E-state index in [1.54, 1.807) is 38.1 Å². The van der Waals surface area contributed by atoms with Gasteiger partial charge in [-0.15, -0.1) is 0 Å². The van der Waals surface area contributed by atoms with Crippen LogP contribution in [0.5, 0.6) is 5.75 Å². The topological polar surface area (TPSA) is 72.4 Å². The van der Waals surface area contributed by atoms with Crippen LogP contribution in [0.25, 0.3) is 16.7 Å². The number of pyridine rings is 1. The molecule has 3 heterocycles. The number of benzene rings is 2. The van der Waals surface area contributed by atoms with Crippen LogP contribution in [-0.2, 0) is 11.6 Å². The Hall–Kier alpha value is -2.98. The van der Waals surface area contributed by atoms with Crippen molar-refractivity contribution in [3.8, 4) is 11.4 Å². The van der Waals surface area contributed by atoms with Gasteiger partial charge in [-0.25, -0.2) is 4.79 Å². The Morgan fingerprint density at radius 1 is 1.09 bits per heavy atom. The molecule has 0 amide bonds. The molecule has 5 rings (SSSR count). The van der Waals surface area contributed by atoms with E-state index >= 15 is 0 Å². The summed E-state index contributed by atoms with van der Waals surface area (Å²) < 4.78 is 47.4. The first-order valence-corrected chi connectivity index (χ1v) is 11.6. The van der Waals surface area contributed by atoms with Crippen molar-refractivity contribution < 1.29 is 22.7 Å². The molecule has 0 spiro atoms. The van der Waals surface area contributed by atoms with Crippen LogP contribution >= 0.6 is 27.7 Å². The average molecular weight is 550 g/mol. The van der Waals surface area contributed by atoms with Crippen LogP contribution in [0.15, 0.2) is 76.8 Å². The molecule has 0 saturated carbocycles. The molecule has 0 saturated heterocycles. The maximum absolute atomic E-state index is 13.6. The number of hydrogen-bond acceptors (Lipinski definition) is 5. The molecular weight excluding hydrogens is 535 g/mol. The fourth-order valence-corrected chi connectivity index (χ4v) is 5.60. The first-order chi connectivity index (χ1) is 15.9. The molecule has 34 heavy (non-hydrogen) atoms. The summed E-state index contributed by atoms with van der Waals surface area (Å²) in [6.07, 6.45) is -4.54. The number of halogens is 4. The van der Waals surface area contributed by atoms with Gasteiger partial charge in [0, 0.05) is 26.5 Å². The molecular formula is C24H15BrF3NO4S. The van der Waals surface area contributed by atoms with Crippen molar-refractivity contribution in [1.29, 1.82) is 0 Å². The van der Waals surface area contributed by atoms with E-state index < -0.39 is 34.1 Å². The molecule has 0 aliphatic carbocycles. The Morgan fingerprint density at radius 3 is 2.47 bits per heavy atom. The van der Waals surface area contributed by atoms with Crippen LogP contribution in [0.4, 0.5) is 13.2 Å². The van der Waals surface area contributed by atoms with E-state index in [0.717, 1.165) is 23.9 Å². The molecule has 0 atom stereocenters. The van der Waals surface area contributed by atoms with Gasteiger partial charge in [-0.3, -0.25) is 9.36 Å². The van der Waals surface area contributed by atoms with Crippen molar-refractivity contribution in [2.24, 2.45) is 0 Å². The zero-order valence-corrected chi connectivity index (χ0v) is 20.1. The van der Waals surface area contributed by atoms with Gasteiger partial charge in [-0.2, -0.15) is 13.2 Å². The van der Waals surface area contributed by atoms with E-state index in [4.69, 9.17) is 4.42 Å². The number of rotatable bonds is 2. The van der Waals surface area contributed by atoms with Crippen molar-refractivity contribution in [2.45, 2.75) is 35.2 Å². The van der Waals surface area contributed by atoms with Crippen LogP contribution in [0.3, 0.4) is 0 Å². The van der Waals surface area contributed by atoms with Gasteiger partial charge in [0.1, 0.15) is 15.9 Å². The Balaban J connectivity index is 1.78. The second-order valence-corrected chi connectivity index (χ2v) is 10.3. The van der Waals surface area contributed by atoms with Crippen LogP contribution < -0.4 is 11.2 Å². The number of nitrogens with zero attached hydrogens (tertiary/aromatic N) is 1. The number of hydrogen-bond donors (Lipinski definition) is 1. The van der Waals surface area contributed by atoms with Crippen molar-refractivity contribution >= 4 is 38.7 Å². The van der Waals surface area contributed by atoms with Gasteiger partial charge in [0.2, 0.25) is 0 Å². The van der Waals surface area contributed by atoms with E-state index in [9.17, 15) is 27.9 Å². The third-order valence-corrected chi connectivity index (χ3v) is 8.03. The zero-order chi connectivity index (χ0) is 24.6. The minimum atomic E-state index is -4.54. The van der Waals surface area contributed by atoms with Gasteiger partial charge in [-0.05, 0) is 51.8 Å². The SMILES string of the molecule is CC1(C)c2cc(C(F)(F)F)ccc2-n2c1cc1oc(=O)c(Sc3ccccc3Br)c(O)c1c2=O. The highest BCUT2D eigenvalue weighted by atomic mass is 79.9. The molecule has 4 aromatic rings. The van der Waals surface area contributed by atoms with Crippen LogP contribution in [0.1, 0.15) is 30.7 Å². The normalized spacial score (nSPS) is 14.3. The largest absolute Gasteiger partial charge is 0.505 e. The minimum Gasteiger partial charge on any atom is -0.505 e. The van der Waals surface area contributed by atoms with Gasteiger partial charge in [0.05, 0.1) is 11.3 Å². The Labute approximate surface area is 203 Å². The zero-order valence-electron chi connectivity index (χ0n) is 17.7. The summed E-state index contributed by atoms with van der Waals surface area (Å²) in [4.78, 5) is 26.7. The van der Waals surface area contributed by atoms with Crippen LogP contribution in [-0.4, -0.2) is 9.67 Å². The smallest absolute Gasteiger partial charge is 0.416 e. The fraction of sp³-hybridized carbons (Fsp3) is 0.167. The lowest BCUT2D eigenvalue weighted by Gasteiger charge is -2.21. The molecule has 0 bridgehead atoms. The highest BCUT2D eigenvalue weighted by Crippen LogP contribution is 2.46. The highest BCUT2D eigenvalue weighted by molar-refractivity contribution is 9.10. The molecule has 5 nitrogen and oxygen atoms in total. The number of alkyl halides is 3.